The molecule has 1 aliphatic rings. The highest BCUT2D eigenvalue weighted by molar-refractivity contribution is 5.30. The zero-order valence-electron chi connectivity index (χ0n) is 10.9. The van der Waals surface area contributed by atoms with E-state index in [-0.39, 0.29) is 0 Å². The van der Waals surface area contributed by atoms with Crippen molar-refractivity contribution in [1.82, 2.24) is 4.90 Å². The maximum Gasteiger partial charge on any atom is 0.0460 e. The van der Waals surface area contributed by atoms with E-state index in [9.17, 15) is 0 Å². The van der Waals surface area contributed by atoms with Gasteiger partial charge in [0.2, 0.25) is 0 Å². The molecule has 94 valence electrons. The lowest BCUT2D eigenvalue weighted by atomic mass is 9.97. The molecule has 0 saturated carbocycles. The molecule has 1 aliphatic heterocycles. The summed E-state index contributed by atoms with van der Waals surface area (Å²) >= 11 is 0. The van der Waals surface area contributed by atoms with Gasteiger partial charge in [-0.1, -0.05) is 23.8 Å². The van der Waals surface area contributed by atoms with Crippen LogP contribution in [0.1, 0.15) is 29.5 Å². The number of aliphatic hydroxyl groups excluding tert-OH is 1. The summed E-state index contributed by atoms with van der Waals surface area (Å²) in [6.45, 7) is 8.01. The van der Waals surface area contributed by atoms with E-state index in [1.54, 1.807) is 0 Å². The Labute approximate surface area is 104 Å². The van der Waals surface area contributed by atoms with E-state index in [1.807, 2.05) is 0 Å². The second kappa shape index (κ2) is 5.65. The maximum absolute atomic E-state index is 9.13. The van der Waals surface area contributed by atoms with Crippen LogP contribution < -0.4 is 0 Å². The molecule has 17 heavy (non-hydrogen) atoms. The summed E-state index contributed by atoms with van der Waals surface area (Å²) in [7, 11) is 0. The molecule has 1 heterocycles. The lowest BCUT2D eigenvalue weighted by Gasteiger charge is -2.31. The zero-order valence-corrected chi connectivity index (χ0v) is 10.9. The quantitative estimate of drug-likeness (QED) is 0.867. The van der Waals surface area contributed by atoms with Gasteiger partial charge in [0.15, 0.2) is 0 Å². The third kappa shape index (κ3) is 3.30. The van der Waals surface area contributed by atoms with Crippen LogP contribution in [0.3, 0.4) is 0 Å². The molecule has 1 aromatic rings. The summed E-state index contributed by atoms with van der Waals surface area (Å²) in [4.78, 5) is 2.51. The summed E-state index contributed by atoms with van der Waals surface area (Å²) in [5.74, 6) is 0.532. The van der Waals surface area contributed by atoms with Crippen LogP contribution in [0, 0.1) is 19.8 Å². The van der Waals surface area contributed by atoms with Gasteiger partial charge in [-0.3, -0.25) is 4.90 Å². The molecule has 0 aliphatic carbocycles. The Balaban J connectivity index is 1.95. The third-order valence-corrected chi connectivity index (χ3v) is 3.86. The highest BCUT2D eigenvalue weighted by Gasteiger charge is 2.18. The number of aliphatic hydroxyl groups is 1. The normalized spacial score (nSPS) is 18.5. The van der Waals surface area contributed by atoms with Gasteiger partial charge in [0, 0.05) is 13.2 Å². The fourth-order valence-corrected chi connectivity index (χ4v) is 2.54. The lowest BCUT2D eigenvalue weighted by molar-refractivity contribution is 0.127. The van der Waals surface area contributed by atoms with Gasteiger partial charge in [0.05, 0.1) is 0 Å². The first-order valence-electron chi connectivity index (χ1n) is 6.58. The van der Waals surface area contributed by atoms with Crippen LogP contribution in [-0.2, 0) is 6.54 Å². The Bertz CT molecular complexity index is 367. The molecule has 1 aromatic carbocycles. The van der Waals surface area contributed by atoms with Crippen LogP contribution in [0.5, 0.6) is 0 Å². The number of likely N-dealkylation sites (tertiary alicyclic amines) is 1. The highest BCUT2D eigenvalue weighted by Crippen LogP contribution is 2.20. The van der Waals surface area contributed by atoms with Crippen molar-refractivity contribution in [2.24, 2.45) is 5.92 Å². The van der Waals surface area contributed by atoms with Gasteiger partial charge in [-0.2, -0.15) is 0 Å². The smallest absolute Gasteiger partial charge is 0.0460 e. The van der Waals surface area contributed by atoms with Crippen LogP contribution >= 0.6 is 0 Å². The molecule has 0 radical (unpaired) electrons. The van der Waals surface area contributed by atoms with Crippen LogP contribution in [0.2, 0.25) is 0 Å². The summed E-state index contributed by atoms with van der Waals surface area (Å²) in [5, 5.41) is 9.13. The van der Waals surface area contributed by atoms with Crippen molar-refractivity contribution < 1.29 is 5.11 Å². The summed E-state index contributed by atoms with van der Waals surface area (Å²) in [6, 6.07) is 6.69. The fourth-order valence-electron chi connectivity index (χ4n) is 2.54. The molecule has 2 heteroatoms. The predicted molar refractivity (Wildman–Crippen MR) is 71.0 cm³/mol. The van der Waals surface area contributed by atoms with Gasteiger partial charge in [-0.25, -0.2) is 0 Å². The van der Waals surface area contributed by atoms with Crippen molar-refractivity contribution in [2.45, 2.75) is 33.2 Å². The Morgan fingerprint density at radius 2 is 1.94 bits per heavy atom. The summed E-state index contributed by atoms with van der Waals surface area (Å²) in [5.41, 5.74) is 4.18. The molecule has 1 N–H and O–H groups in total. The molecule has 0 spiro atoms. The molecule has 0 aromatic heterocycles. The van der Waals surface area contributed by atoms with E-state index in [0.717, 1.165) is 32.5 Å². The second-order valence-electron chi connectivity index (χ2n) is 5.33. The lowest BCUT2D eigenvalue weighted by Crippen LogP contribution is -2.34. The van der Waals surface area contributed by atoms with Gasteiger partial charge in [0.25, 0.3) is 0 Å². The highest BCUT2D eigenvalue weighted by atomic mass is 16.3. The maximum atomic E-state index is 9.13. The minimum absolute atomic E-state index is 0.358. The van der Waals surface area contributed by atoms with E-state index >= 15 is 0 Å². The van der Waals surface area contributed by atoms with Crippen LogP contribution in [-0.4, -0.2) is 29.7 Å². The van der Waals surface area contributed by atoms with Crippen LogP contribution in [0.25, 0.3) is 0 Å². The first kappa shape index (κ1) is 12.6. The van der Waals surface area contributed by atoms with Gasteiger partial charge in [-0.05, 0) is 56.8 Å². The van der Waals surface area contributed by atoms with Gasteiger partial charge in [0.1, 0.15) is 0 Å². The molecule has 1 saturated heterocycles. The number of nitrogens with zero attached hydrogens (tertiary/aromatic N) is 1. The summed E-state index contributed by atoms with van der Waals surface area (Å²) < 4.78 is 0. The Morgan fingerprint density at radius 3 is 2.59 bits per heavy atom. The largest absolute Gasteiger partial charge is 0.396 e. The standard InChI is InChI=1S/C15H23NO/c1-12-3-4-13(2)15(9-12)10-16-7-5-14(11-17)6-8-16/h3-4,9,14,17H,5-8,10-11H2,1-2H3. The topological polar surface area (TPSA) is 23.5 Å². The first-order valence-corrected chi connectivity index (χ1v) is 6.58. The minimum atomic E-state index is 0.358. The van der Waals surface area contributed by atoms with Crippen molar-refractivity contribution in [3.8, 4) is 0 Å². The van der Waals surface area contributed by atoms with Gasteiger partial charge in [-0.15, -0.1) is 0 Å². The van der Waals surface area contributed by atoms with Crippen molar-refractivity contribution in [3.05, 3.63) is 34.9 Å². The van der Waals surface area contributed by atoms with Crippen molar-refractivity contribution in [2.75, 3.05) is 19.7 Å². The predicted octanol–water partition coefficient (Wildman–Crippen LogP) is 2.51. The fraction of sp³-hybridized carbons (Fsp3) is 0.600. The SMILES string of the molecule is Cc1ccc(C)c(CN2CCC(CO)CC2)c1. The number of benzene rings is 1. The van der Waals surface area contributed by atoms with Crippen LogP contribution in [0.4, 0.5) is 0 Å². The molecular weight excluding hydrogens is 210 g/mol. The molecule has 0 amide bonds. The van der Waals surface area contributed by atoms with Crippen LogP contribution in [0.15, 0.2) is 18.2 Å². The Kier molecular flexibility index (Phi) is 4.19. The third-order valence-electron chi connectivity index (χ3n) is 3.86. The molecular formula is C15H23NO. The van der Waals surface area contributed by atoms with Gasteiger partial charge >= 0.3 is 0 Å². The van der Waals surface area contributed by atoms with Crippen molar-refractivity contribution >= 4 is 0 Å². The molecule has 0 bridgehead atoms. The molecule has 2 rings (SSSR count). The van der Waals surface area contributed by atoms with Gasteiger partial charge < -0.3 is 5.11 Å². The molecule has 0 atom stereocenters. The average molecular weight is 233 g/mol. The molecule has 2 nitrogen and oxygen atoms in total. The number of rotatable bonds is 3. The first-order chi connectivity index (χ1) is 8.19. The van der Waals surface area contributed by atoms with E-state index < -0.39 is 0 Å². The second-order valence-corrected chi connectivity index (χ2v) is 5.33. The minimum Gasteiger partial charge on any atom is -0.396 e. The molecule has 1 fully saturated rings. The van der Waals surface area contributed by atoms with E-state index in [1.165, 1.54) is 16.7 Å². The number of hydrogen-bond donors (Lipinski definition) is 1. The Morgan fingerprint density at radius 1 is 1.24 bits per heavy atom. The van der Waals surface area contributed by atoms with Crippen molar-refractivity contribution in [1.29, 1.82) is 0 Å². The average Bonchev–Trinajstić information content (AvgIpc) is 2.35. The van der Waals surface area contributed by atoms with E-state index in [4.69, 9.17) is 5.11 Å². The Hall–Kier alpha value is -0.860. The number of piperidine rings is 1. The summed E-state index contributed by atoms with van der Waals surface area (Å²) in [6.07, 6.45) is 2.28. The zero-order chi connectivity index (χ0) is 12.3. The molecule has 0 unspecified atom stereocenters. The van der Waals surface area contributed by atoms with E-state index in [0.29, 0.717) is 12.5 Å². The monoisotopic (exact) mass is 233 g/mol. The van der Waals surface area contributed by atoms with Crippen molar-refractivity contribution in [3.63, 3.8) is 0 Å². The number of aryl methyl sites for hydroxylation is 2. The number of hydrogen-bond acceptors (Lipinski definition) is 2. The van der Waals surface area contributed by atoms with E-state index in [2.05, 4.69) is 36.9 Å².